The van der Waals surface area contributed by atoms with Gasteiger partial charge in [-0.05, 0) is 11.1 Å². The van der Waals surface area contributed by atoms with Crippen molar-refractivity contribution in [2.24, 2.45) is 0 Å². The molecule has 4 heteroatoms. The second-order valence-electron chi connectivity index (χ2n) is 4.18. The molecule has 1 aliphatic rings. The number of carbonyl (C=O) groups excluding carboxylic acids is 1. The molecule has 84 valence electrons. The van der Waals surface area contributed by atoms with Crippen LogP contribution < -0.4 is 0 Å². The zero-order valence-electron chi connectivity index (χ0n) is 9.01. The molecule has 0 atom stereocenters. The number of likely N-dealkylation sites (N-methyl/N-ethyl adjacent to an activating group) is 1. The highest BCUT2D eigenvalue weighted by Gasteiger charge is 2.47. The molecule has 0 saturated carbocycles. The minimum atomic E-state index is -1.11. The second-order valence-corrected chi connectivity index (χ2v) is 4.18. The molecule has 0 saturated heterocycles. The number of carboxylic acids is 1. The lowest BCUT2D eigenvalue weighted by atomic mass is 9.94. The van der Waals surface area contributed by atoms with Crippen LogP contribution in [0, 0.1) is 0 Å². The number of fused-ring (bicyclic) bond motifs is 1. The summed E-state index contributed by atoms with van der Waals surface area (Å²) in [4.78, 5) is 23.5. The van der Waals surface area contributed by atoms with Crippen LogP contribution >= 0.6 is 0 Å². The van der Waals surface area contributed by atoms with Crippen molar-refractivity contribution in [3.05, 3.63) is 35.4 Å². The lowest BCUT2D eigenvalue weighted by Gasteiger charge is -2.31. The van der Waals surface area contributed by atoms with Gasteiger partial charge in [0.25, 0.3) is 0 Å². The first-order chi connectivity index (χ1) is 7.60. The summed E-state index contributed by atoms with van der Waals surface area (Å²) >= 11 is 0. The Kier molecular flexibility index (Phi) is 2.42. The third kappa shape index (κ3) is 1.38. The summed E-state index contributed by atoms with van der Waals surface area (Å²) in [6, 6.07) is 7.60. The summed E-state index contributed by atoms with van der Waals surface area (Å²) in [5.41, 5.74) is 0.919. The van der Waals surface area contributed by atoms with Crippen molar-refractivity contribution in [3.63, 3.8) is 0 Å². The quantitative estimate of drug-likeness (QED) is 0.761. The first-order valence-corrected chi connectivity index (χ1v) is 5.08. The molecular weight excluding hydrogens is 206 g/mol. The van der Waals surface area contributed by atoms with Crippen LogP contribution in [0.2, 0.25) is 0 Å². The van der Waals surface area contributed by atoms with Gasteiger partial charge >= 0.3 is 5.97 Å². The number of hydrogen-bond donors (Lipinski definition) is 1. The third-order valence-corrected chi connectivity index (χ3v) is 3.32. The Hall–Kier alpha value is -1.84. The molecule has 0 bridgehead atoms. The molecule has 0 aliphatic heterocycles. The summed E-state index contributed by atoms with van der Waals surface area (Å²) in [7, 11) is 1.52. The largest absolute Gasteiger partial charge is 0.479 e. The number of hydrogen-bond acceptors (Lipinski definition) is 2. The number of aliphatic carboxylic acids is 1. The predicted octanol–water partition coefficient (Wildman–Crippen LogP) is 0.697. The lowest BCUT2D eigenvalue weighted by molar-refractivity contribution is -0.153. The fourth-order valence-electron chi connectivity index (χ4n) is 2.25. The molecule has 0 spiro atoms. The van der Waals surface area contributed by atoms with E-state index in [9.17, 15) is 14.7 Å². The van der Waals surface area contributed by atoms with E-state index in [4.69, 9.17) is 0 Å². The second kappa shape index (κ2) is 3.63. The lowest BCUT2D eigenvalue weighted by Crippen LogP contribution is -2.53. The van der Waals surface area contributed by atoms with Crippen LogP contribution in [0.25, 0.3) is 0 Å². The van der Waals surface area contributed by atoms with Gasteiger partial charge in [0.05, 0.1) is 0 Å². The first kappa shape index (κ1) is 10.7. The van der Waals surface area contributed by atoms with E-state index < -0.39 is 11.5 Å². The maximum absolute atomic E-state index is 11.4. The van der Waals surface area contributed by atoms with E-state index in [1.54, 1.807) is 0 Å². The van der Waals surface area contributed by atoms with Gasteiger partial charge in [0, 0.05) is 19.9 Å². The predicted molar refractivity (Wildman–Crippen MR) is 58.0 cm³/mol. The van der Waals surface area contributed by atoms with Crippen LogP contribution in [0.4, 0.5) is 0 Å². The zero-order valence-corrected chi connectivity index (χ0v) is 9.01. The smallest absolute Gasteiger partial charge is 0.330 e. The fraction of sp³-hybridized carbons (Fsp3) is 0.333. The van der Waals surface area contributed by atoms with Gasteiger partial charge in [-0.1, -0.05) is 24.3 Å². The molecule has 1 N–H and O–H groups in total. The van der Waals surface area contributed by atoms with E-state index in [0.717, 1.165) is 11.1 Å². The molecule has 1 aliphatic carbocycles. The molecular formula is C12H13NO3. The Morgan fingerprint density at radius 2 is 1.88 bits per heavy atom. The van der Waals surface area contributed by atoms with Crippen molar-refractivity contribution in [1.29, 1.82) is 0 Å². The standard InChI is InChI=1S/C12H13NO3/c1-13(8-14)12(11(15)16)6-9-4-2-3-5-10(9)7-12/h2-5,8H,6-7H2,1H3,(H,15,16). The van der Waals surface area contributed by atoms with Gasteiger partial charge in [-0.3, -0.25) is 4.79 Å². The van der Waals surface area contributed by atoms with Gasteiger partial charge in [0.1, 0.15) is 5.54 Å². The van der Waals surface area contributed by atoms with Crippen LogP contribution in [0.15, 0.2) is 24.3 Å². The molecule has 1 aromatic rings. The van der Waals surface area contributed by atoms with E-state index in [0.29, 0.717) is 19.3 Å². The molecule has 0 radical (unpaired) electrons. The Labute approximate surface area is 93.5 Å². The van der Waals surface area contributed by atoms with Gasteiger partial charge in [-0.25, -0.2) is 4.79 Å². The summed E-state index contributed by atoms with van der Waals surface area (Å²) in [5.74, 6) is -0.946. The monoisotopic (exact) mass is 219 g/mol. The summed E-state index contributed by atoms with van der Waals surface area (Å²) in [6.45, 7) is 0. The van der Waals surface area contributed by atoms with E-state index in [-0.39, 0.29) is 0 Å². The number of amides is 1. The van der Waals surface area contributed by atoms with E-state index >= 15 is 0 Å². The average molecular weight is 219 g/mol. The minimum absolute atomic E-state index is 0.383. The van der Waals surface area contributed by atoms with Crippen molar-refractivity contribution in [3.8, 4) is 0 Å². The van der Waals surface area contributed by atoms with E-state index in [1.807, 2.05) is 24.3 Å². The molecule has 0 heterocycles. The SMILES string of the molecule is CN(C=O)C1(C(=O)O)Cc2ccccc2C1. The number of rotatable bonds is 3. The summed E-state index contributed by atoms with van der Waals surface area (Å²) < 4.78 is 0. The average Bonchev–Trinajstić information content (AvgIpc) is 2.68. The first-order valence-electron chi connectivity index (χ1n) is 5.08. The number of carboxylic acid groups (broad SMARTS) is 1. The van der Waals surface area contributed by atoms with Crippen molar-refractivity contribution in [2.75, 3.05) is 7.05 Å². The molecule has 0 aromatic heterocycles. The Morgan fingerprint density at radius 1 is 1.38 bits per heavy atom. The topological polar surface area (TPSA) is 57.6 Å². The molecule has 0 fully saturated rings. The van der Waals surface area contributed by atoms with E-state index in [2.05, 4.69) is 0 Å². The Morgan fingerprint density at radius 3 is 2.25 bits per heavy atom. The highest BCUT2D eigenvalue weighted by Crippen LogP contribution is 2.33. The fourth-order valence-corrected chi connectivity index (χ4v) is 2.25. The van der Waals surface area contributed by atoms with Crippen LogP contribution in [0.1, 0.15) is 11.1 Å². The maximum Gasteiger partial charge on any atom is 0.330 e. The van der Waals surface area contributed by atoms with Crippen molar-refractivity contribution in [2.45, 2.75) is 18.4 Å². The minimum Gasteiger partial charge on any atom is -0.479 e. The Bertz CT molecular complexity index is 417. The van der Waals surface area contributed by atoms with Gasteiger partial charge < -0.3 is 10.0 Å². The van der Waals surface area contributed by atoms with E-state index in [1.165, 1.54) is 11.9 Å². The van der Waals surface area contributed by atoms with Gasteiger partial charge in [-0.2, -0.15) is 0 Å². The summed E-state index contributed by atoms with van der Waals surface area (Å²) in [5, 5.41) is 9.34. The molecule has 1 amide bonds. The maximum atomic E-state index is 11.4. The highest BCUT2D eigenvalue weighted by molar-refractivity contribution is 5.83. The van der Waals surface area contributed by atoms with Crippen LogP contribution in [-0.2, 0) is 22.4 Å². The number of benzene rings is 1. The van der Waals surface area contributed by atoms with Crippen LogP contribution in [0.5, 0.6) is 0 Å². The molecule has 1 aromatic carbocycles. The highest BCUT2D eigenvalue weighted by atomic mass is 16.4. The molecule has 16 heavy (non-hydrogen) atoms. The van der Waals surface area contributed by atoms with Crippen molar-refractivity contribution < 1.29 is 14.7 Å². The van der Waals surface area contributed by atoms with Gasteiger partial charge in [0.15, 0.2) is 0 Å². The molecule has 4 nitrogen and oxygen atoms in total. The van der Waals surface area contributed by atoms with Crippen molar-refractivity contribution in [1.82, 2.24) is 4.90 Å². The third-order valence-electron chi connectivity index (χ3n) is 3.32. The van der Waals surface area contributed by atoms with Gasteiger partial charge in [-0.15, -0.1) is 0 Å². The number of nitrogens with zero attached hydrogens (tertiary/aromatic N) is 1. The summed E-state index contributed by atoms with van der Waals surface area (Å²) in [6.07, 6.45) is 1.35. The zero-order chi connectivity index (χ0) is 11.8. The van der Waals surface area contributed by atoms with Crippen molar-refractivity contribution >= 4 is 12.4 Å². The Balaban J connectivity index is 2.42. The van der Waals surface area contributed by atoms with Gasteiger partial charge in [0.2, 0.25) is 6.41 Å². The normalized spacial score (nSPS) is 16.6. The molecule has 0 unspecified atom stereocenters. The molecule has 2 rings (SSSR count). The number of carbonyl (C=O) groups is 2. The van der Waals surface area contributed by atoms with Crippen LogP contribution in [0.3, 0.4) is 0 Å². The van der Waals surface area contributed by atoms with Crippen LogP contribution in [-0.4, -0.2) is 35.0 Å².